The van der Waals surface area contributed by atoms with Crippen LogP contribution in [0.5, 0.6) is 0 Å². The molecule has 2 heterocycles. The normalized spacial score (nSPS) is 12.2. The Morgan fingerprint density at radius 1 is 1.29 bits per heavy atom. The van der Waals surface area contributed by atoms with Crippen molar-refractivity contribution in [2.75, 3.05) is 0 Å². The zero-order valence-corrected chi connectivity index (χ0v) is 12.4. The van der Waals surface area contributed by atoms with Crippen LogP contribution in [-0.2, 0) is 4.79 Å². The number of hydrogen-bond donors (Lipinski definition) is 1. The van der Waals surface area contributed by atoms with Crippen LogP contribution in [-0.4, -0.2) is 25.6 Å². The monoisotopic (exact) mass is 287 g/mol. The van der Waals surface area contributed by atoms with Crippen LogP contribution >= 0.6 is 0 Å². The molecule has 2 rings (SSSR count). The van der Waals surface area contributed by atoms with Gasteiger partial charge in [0.15, 0.2) is 0 Å². The zero-order valence-electron chi connectivity index (χ0n) is 12.4. The van der Waals surface area contributed by atoms with E-state index in [-0.39, 0.29) is 0 Å². The molecule has 110 valence electrons. The predicted molar refractivity (Wildman–Crippen MR) is 77.9 cm³/mol. The summed E-state index contributed by atoms with van der Waals surface area (Å²) < 4.78 is 1.40. The molecule has 0 bridgehead atoms. The van der Waals surface area contributed by atoms with Gasteiger partial charge >= 0.3 is 11.7 Å². The molecular formula is C15H17N3O3. The van der Waals surface area contributed by atoms with Gasteiger partial charge in [0, 0.05) is 22.6 Å². The zero-order chi connectivity index (χ0) is 15.7. The molecule has 1 atom stereocenters. The summed E-state index contributed by atoms with van der Waals surface area (Å²) in [4.78, 5) is 31.5. The topological polar surface area (TPSA) is 85.1 Å². The number of carboxylic acid groups (broad SMARTS) is 1. The highest BCUT2D eigenvalue weighted by Gasteiger charge is 2.22. The maximum absolute atomic E-state index is 12.2. The molecule has 2 aromatic heterocycles. The Bertz CT molecular complexity index is 748. The third-order valence-corrected chi connectivity index (χ3v) is 3.53. The van der Waals surface area contributed by atoms with Crippen LogP contribution in [0.25, 0.3) is 5.69 Å². The molecule has 0 saturated carbocycles. The van der Waals surface area contributed by atoms with Crippen molar-refractivity contribution in [3.63, 3.8) is 0 Å². The second kappa shape index (κ2) is 5.47. The molecule has 0 aliphatic heterocycles. The summed E-state index contributed by atoms with van der Waals surface area (Å²) in [6.45, 7) is 6.82. The number of aliphatic carboxylic acids is 1. The molecule has 0 spiro atoms. The second-order valence-corrected chi connectivity index (χ2v) is 5.03. The molecule has 0 saturated heterocycles. The smallest absolute Gasteiger partial charge is 0.352 e. The Kier molecular flexibility index (Phi) is 3.88. The maximum Gasteiger partial charge on any atom is 0.352 e. The number of aromatic nitrogens is 3. The van der Waals surface area contributed by atoms with Crippen LogP contribution in [0.15, 0.2) is 23.1 Å². The predicted octanol–water partition coefficient (Wildman–Crippen LogP) is 1.74. The second-order valence-electron chi connectivity index (χ2n) is 5.03. The van der Waals surface area contributed by atoms with Gasteiger partial charge in [0.25, 0.3) is 0 Å². The average Bonchev–Trinajstić information content (AvgIpc) is 2.40. The first kappa shape index (κ1) is 14.9. The van der Waals surface area contributed by atoms with Gasteiger partial charge in [-0.2, -0.15) is 4.98 Å². The number of carboxylic acids is 1. The molecule has 6 nitrogen and oxygen atoms in total. The van der Waals surface area contributed by atoms with Gasteiger partial charge in [0.05, 0.1) is 17.8 Å². The lowest BCUT2D eigenvalue weighted by Gasteiger charge is -2.17. The van der Waals surface area contributed by atoms with E-state index in [1.54, 1.807) is 39.1 Å². The first-order valence-electron chi connectivity index (χ1n) is 6.59. The van der Waals surface area contributed by atoms with E-state index in [2.05, 4.69) is 9.97 Å². The number of hydrogen-bond acceptors (Lipinski definition) is 4. The third kappa shape index (κ3) is 2.69. The van der Waals surface area contributed by atoms with Crippen LogP contribution in [0, 0.1) is 20.8 Å². The number of nitrogens with zero attached hydrogens (tertiary/aromatic N) is 3. The number of pyridine rings is 1. The van der Waals surface area contributed by atoms with Crippen molar-refractivity contribution in [2.24, 2.45) is 0 Å². The summed E-state index contributed by atoms with van der Waals surface area (Å²) >= 11 is 0. The van der Waals surface area contributed by atoms with E-state index in [9.17, 15) is 14.7 Å². The summed E-state index contributed by atoms with van der Waals surface area (Å²) in [6, 6.07) is 3.56. The highest BCUT2D eigenvalue weighted by molar-refractivity contribution is 5.76. The average molecular weight is 287 g/mol. The molecule has 6 heteroatoms. The van der Waals surface area contributed by atoms with Crippen molar-refractivity contribution in [1.29, 1.82) is 0 Å². The Balaban J connectivity index is 2.73. The standard InChI is InChI=1S/C15H17N3O3/c1-8-5-6-12(7-16-8)18-11(4)13(9(2)14(19)20)10(3)17-15(18)21/h5-7,9H,1-4H3,(H,19,20). The summed E-state index contributed by atoms with van der Waals surface area (Å²) in [7, 11) is 0. The summed E-state index contributed by atoms with van der Waals surface area (Å²) in [5, 5.41) is 9.22. The highest BCUT2D eigenvalue weighted by Crippen LogP contribution is 2.22. The fourth-order valence-electron chi connectivity index (χ4n) is 2.43. The van der Waals surface area contributed by atoms with Gasteiger partial charge in [-0.1, -0.05) is 0 Å². The Labute approximate surface area is 122 Å². The molecule has 1 unspecified atom stereocenters. The molecule has 0 amide bonds. The molecule has 2 aromatic rings. The van der Waals surface area contributed by atoms with E-state index >= 15 is 0 Å². The lowest BCUT2D eigenvalue weighted by atomic mass is 9.98. The van der Waals surface area contributed by atoms with E-state index < -0.39 is 17.6 Å². The molecule has 21 heavy (non-hydrogen) atoms. The van der Waals surface area contributed by atoms with Gasteiger partial charge in [-0.3, -0.25) is 14.3 Å². The van der Waals surface area contributed by atoms with Crippen molar-refractivity contribution < 1.29 is 9.90 Å². The minimum atomic E-state index is -0.949. The molecular weight excluding hydrogens is 270 g/mol. The highest BCUT2D eigenvalue weighted by atomic mass is 16.4. The third-order valence-electron chi connectivity index (χ3n) is 3.53. The molecule has 0 aromatic carbocycles. The van der Waals surface area contributed by atoms with E-state index in [0.29, 0.717) is 22.6 Å². The summed E-state index contributed by atoms with van der Waals surface area (Å²) in [5.41, 5.74) is 2.56. The van der Waals surface area contributed by atoms with Crippen molar-refractivity contribution in [3.05, 3.63) is 51.5 Å². The van der Waals surface area contributed by atoms with Gasteiger partial charge in [0.2, 0.25) is 0 Å². The number of carbonyl (C=O) groups is 1. The number of rotatable bonds is 3. The van der Waals surface area contributed by atoms with E-state index in [1.807, 2.05) is 6.92 Å². The van der Waals surface area contributed by atoms with Gasteiger partial charge in [0.1, 0.15) is 0 Å². The van der Waals surface area contributed by atoms with Crippen LogP contribution < -0.4 is 5.69 Å². The quantitative estimate of drug-likeness (QED) is 0.929. The largest absolute Gasteiger partial charge is 0.481 e. The van der Waals surface area contributed by atoms with Crippen LogP contribution in [0.4, 0.5) is 0 Å². The molecule has 0 aliphatic rings. The van der Waals surface area contributed by atoms with Gasteiger partial charge in [-0.25, -0.2) is 4.79 Å². The fourth-order valence-corrected chi connectivity index (χ4v) is 2.43. The van der Waals surface area contributed by atoms with E-state index in [0.717, 1.165) is 5.69 Å². The first-order chi connectivity index (χ1) is 9.82. The Hall–Kier alpha value is -2.50. The Morgan fingerprint density at radius 3 is 2.48 bits per heavy atom. The molecule has 1 N–H and O–H groups in total. The molecule has 0 aliphatic carbocycles. The molecule has 0 radical (unpaired) electrons. The minimum Gasteiger partial charge on any atom is -0.481 e. The van der Waals surface area contributed by atoms with Crippen LogP contribution in [0.1, 0.15) is 35.5 Å². The van der Waals surface area contributed by atoms with Crippen molar-refractivity contribution in [3.8, 4) is 5.69 Å². The number of aryl methyl sites for hydroxylation is 2. The van der Waals surface area contributed by atoms with Crippen LogP contribution in [0.2, 0.25) is 0 Å². The fraction of sp³-hybridized carbons (Fsp3) is 0.333. The molecule has 0 fully saturated rings. The minimum absolute atomic E-state index is 0.433. The Morgan fingerprint density at radius 2 is 1.95 bits per heavy atom. The van der Waals surface area contributed by atoms with E-state index in [4.69, 9.17) is 0 Å². The maximum atomic E-state index is 12.2. The van der Waals surface area contributed by atoms with Gasteiger partial charge in [-0.15, -0.1) is 0 Å². The summed E-state index contributed by atoms with van der Waals surface area (Å²) in [6.07, 6.45) is 1.58. The van der Waals surface area contributed by atoms with Gasteiger partial charge < -0.3 is 5.11 Å². The lowest BCUT2D eigenvalue weighted by molar-refractivity contribution is -0.138. The van der Waals surface area contributed by atoms with Crippen molar-refractivity contribution >= 4 is 5.97 Å². The first-order valence-corrected chi connectivity index (χ1v) is 6.59. The van der Waals surface area contributed by atoms with Gasteiger partial charge in [-0.05, 0) is 39.8 Å². The lowest BCUT2D eigenvalue weighted by Crippen LogP contribution is -2.28. The van der Waals surface area contributed by atoms with Crippen LogP contribution in [0.3, 0.4) is 0 Å². The van der Waals surface area contributed by atoms with Crippen molar-refractivity contribution in [2.45, 2.75) is 33.6 Å². The summed E-state index contributed by atoms with van der Waals surface area (Å²) in [5.74, 6) is -1.68. The van der Waals surface area contributed by atoms with E-state index in [1.165, 1.54) is 4.57 Å². The van der Waals surface area contributed by atoms with Crippen molar-refractivity contribution in [1.82, 2.24) is 14.5 Å². The SMILES string of the molecule is Cc1ccc(-n2c(C)c(C(C)C(=O)O)c(C)nc2=O)cn1.